The van der Waals surface area contributed by atoms with E-state index in [1.165, 1.54) is 6.07 Å². The summed E-state index contributed by atoms with van der Waals surface area (Å²) in [5, 5.41) is 11.2. The lowest BCUT2D eigenvalue weighted by atomic mass is 9.89. The average molecular weight is 795 g/mol. The van der Waals surface area contributed by atoms with Gasteiger partial charge in [-0.3, -0.25) is 4.79 Å². The van der Waals surface area contributed by atoms with E-state index in [-0.39, 0.29) is 48.7 Å². The Kier molecular flexibility index (Phi) is 16.0. The zero-order valence-corrected chi connectivity index (χ0v) is 30.0. The van der Waals surface area contributed by atoms with Gasteiger partial charge < -0.3 is 33.5 Å². The molecule has 2 heterocycles. The summed E-state index contributed by atoms with van der Waals surface area (Å²) in [6.07, 6.45) is 9.23. The Bertz CT molecular complexity index is 1180. The number of carbonyl (C=O) groups is 1. The third-order valence-corrected chi connectivity index (χ3v) is 9.62. The molecular formula is C36H50F3IO8. The standard InChI is InChI=1S/C36H50F3IO8/c1-24(2)46-33(42)12-6-4-3-5-11-27-28(31(22-30(27)41)48-35-14-8-10-20-44-35)17-16-26(47-34-13-7-9-19-43-34)23-45-32-21-25(36(37,38)39)15-18-29(32)40/h3,5,15-18,21,24,26-28,30-31,34-35,41H,4,6-14,19-20,22-23H2,1-2H3/b5-3-,17-16+/t26-,27-,28-,30+,31-,34?,35?/m1/s1. The fraction of sp³-hybridized carbons (Fsp3) is 0.694. The third kappa shape index (κ3) is 12.9. The van der Waals surface area contributed by atoms with Crippen molar-refractivity contribution in [2.24, 2.45) is 11.8 Å². The van der Waals surface area contributed by atoms with E-state index in [4.69, 9.17) is 28.4 Å². The summed E-state index contributed by atoms with van der Waals surface area (Å²) in [6.45, 7) is 4.85. The topological polar surface area (TPSA) is 92.7 Å². The molecule has 3 aliphatic rings. The third-order valence-electron chi connectivity index (χ3n) is 8.72. The lowest BCUT2D eigenvalue weighted by molar-refractivity contribution is -0.193. The van der Waals surface area contributed by atoms with E-state index in [1.54, 1.807) is 0 Å². The smallest absolute Gasteiger partial charge is 0.416 e. The van der Waals surface area contributed by atoms with Crippen LogP contribution >= 0.6 is 22.6 Å². The van der Waals surface area contributed by atoms with Gasteiger partial charge in [0.15, 0.2) is 12.6 Å². The van der Waals surface area contributed by atoms with E-state index >= 15 is 0 Å². The van der Waals surface area contributed by atoms with Gasteiger partial charge in [-0.2, -0.15) is 13.2 Å². The lowest BCUT2D eigenvalue weighted by Crippen LogP contribution is -2.32. The molecule has 0 radical (unpaired) electrons. The minimum atomic E-state index is -4.49. The van der Waals surface area contributed by atoms with Crippen molar-refractivity contribution in [3.63, 3.8) is 0 Å². The van der Waals surface area contributed by atoms with Crippen LogP contribution in [0.3, 0.4) is 0 Å². The van der Waals surface area contributed by atoms with E-state index in [1.807, 2.05) is 60.7 Å². The normalized spacial score (nSPS) is 27.6. The van der Waals surface area contributed by atoms with Crippen LogP contribution in [0.5, 0.6) is 5.75 Å². The fourth-order valence-corrected chi connectivity index (χ4v) is 6.76. The molecule has 1 N–H and O–H groups in total. The minimum absolute atomic E-state index is 0.0238. The summed E-state index contributed by atoms with van der Waals surface area (Å²) in [5.74, 6) is -0.400. The average Bonchev–Trinajstić information content (AvgIpc) is 3.33. The number of unbranched alkanes of at least 4 members (excludes halogenated alkanes) is 1. The fourth-order valence-electron chi connectivity index (χ4n) is 6.27. The second-order valence-electron chi connectivity index (χ2n) is 13.0. The van der Waals surface area contributed by atoms with E-state index in [0.717, 1.165) is 50.7 Å². The number of ether oxygens (including phenoxy) is 6. The van der Waals surface area contributed by atoms with Gasteiger partial charge in [0.1, 0.15) is 18.5 Å². The molecule has 1 aliphatic carbocycles. The van der Waals surface area contributed by atoms with Gasteiger partial charge in [-0.15, -0.1) is 0 Å². The molecule has 270 valence electrons. The number of hydrogen-bond donors (Lipinski definition) is 1. The van der Waals surface area contributed by atoms with Crippen LogP contribution in [0, 0.1) is 15.4 Å². The molecule has 48 heavy (non-hydrogen) atoms. The van der Waals surface area contributed by atoms with Crippen LogP contribution < -0.4 is 4.74 Å². The van der Waals surface area contributed by atoms with Gasteiger partial charge >= 0.3 is 12.1 Å². The molecule has 0 amide bonds. The second-order valence-corrected chi connectivity index (χ2v) is 14.1. The molecule has 2 unspecified atom stereocenters. The van der Waals surface area contributed by atoms with Crippen molar-refractivity contribution in [2.45, 2.75) is 128 Å². The predicted molar refractivity (Wildman–Crippen MR) is 182 cm³/mol. The van der Waals surface area contributed by atoms with Crippen molar-refractivity contribution in [1.29, 1.82) is 0 Å². The number of aliphatic hydroxyl groups is 1. The van der Waals surface area contributed by atoms with Crippen molar-refractivity contribution in [3.05, 3.63) is 51.6 Å². The Hall–Kier alpha value is -1.71. The Morgan fingerprint density at radius 3 is 2.48 bits per heavy atom. The zero-order chi connectivity index (χ0) is 34.5. The molecule has 0 aromatic heterocycles. The number of halogens is 4. The van der Waals surface area contributed by atoms with Crippen LogP contribution in [0.4, 0.5) is 13.2 Å². The summed E-state index contributed by atoms with van der Waals surface area (Å²) in [6, 6.07) is 3.44. The first-order valence-electron chi connectivity index (χ1n) is 17.2. The molecule has 4 rings (SSSR count). The molecular weight excluding hydrogens is 744 g/mol. The van der Waals surface area contributed by atoms with E-state index < -0.39 is 30.2 Å². The maximum Gasteiger partial charge on any atom is 0.416 e. The Morgan fingerprint density at radius 2 is 1.81 bits per heavy atom. The highest BCUT2D eigenvalue weighted by Crippen LogP contribution is 2.40. The molecule has 3 fully saturated rings. The molecule has 2 saturated heterocycles. The van der Waals surface area contributed by atoms with E-state index in [2.05, 4.69) is 0 Å². The zero-order valence-electron chi connectivity index (χ0n) is 27.9. The maximum atomic E-state index is 13.4. The molecule has 1 saturated carbocycles. The van der Waals surface area contributed by atoms with Gasteiger partial charge in [0.05, 0.1) is 27.4 Å². The molecule has 1 aromatic rings. The summed E-state index contributed by atoms with van der Waals surface area (Å²) in [5.41, 5.74) is -0.780. The summed E-state index contributed by atoms with van der Waals surface area (Å²) in [4.78, 5) is 11.8. The molecule has 1 aromatic carbocycles. The molecule has 2 aliphatic heterocycles. The van der Waals surface area contributed by atoms with Gasteiger partial charge in [-0.05, 0) is 118 Å². The largest absolute Gasteiger partial charge is 0.489 e. The number of esters is 1. The highest BCUT2D eigenvalue weighted by Gasteiger charge is 2.42. The van der Waals surface area contributed by atoms with E-state index in [0.29, 0.717) is 48.9 Å². The molecule has 0 spiro atoms. The van der Waals surface area contributed by atoms with Crippen LogP contribution in [0.25, 0.3) is 0 Å². The Labute approximate surface area is 295 Å². The van der Waals surface area contributed by atoms with Crippen molar-refractivity contribution >= 4 is 28.6 Å². The van der Waals surface area contributed by atoms with Crippen LogP contribution in [-0.4, -0.2) is 67.9 Å². The van der Waals surface area contributed by atoms with Crippen molar-refractivity contribution < 1.29 is 51.5 Å². The number of allylic oxidation sites excluding steroid dienone is 2. The lowest BCUT2D eigenvalue weighted by Gasteiger charge is -2.30. The predicted octanol–water partition coefficient (Wildman–Crippen LogP) is 8.13. The van der Waals surface area contributed by atoms with Crippen LogP contribution in [0.2, 0.25) is 0 Å². The second kappa shape index (κ2) is 19.6. The molecule has 12 heteroatoms. The van der Waals surface area contributed by atoms with Crippen molar-refractivity contribution in [3.8, 4) is 5.75 Å². The van der Waals surface area contributed by atoms with Gasteiger partial charge in [0, 0.05) is 32.0 Å². The number of benzene rings is 1. The number of aliphatic hydroxyl groups excluding tert-OH is 1. The minimum Gasteiger partial charge on any atom is -0.489 e. The number of carbonyl (C=O) groups excluding carboxylic acids is 1. The Balaban J connectivity index is 1.47. The highest BCUT2D eigenvalue weighted by atomic mass is 127. The summed E-state index contributed by atoms with van der Waals surface area (Å²) >= 11 is 1.96. The molecule has 0 bridgehead atoms. The van der Waals surface area contributed by atoms with Crippen molar-refractivity contribution in [1.82, 2.24) is 0 Å². The number of hydrogen-bond acceptors (Lipinski definition) is 8. The maximum absolute atomic E-state index is 13.4. The van der Waals surface area contributed by atoms with Crippen LogP contribution in [0.1, 0.15) is 90.0 Å². The number of rotatable bonds is 16. The van der Waals surface area contributed by atoms with Gasteiger partial charge in [-0.1, -0.05) is 24.3 Å². The molecule has 8 nitrogen and oxygen atoms in total. The van der Waals surface area contributed by atoms with Gasteiger partial charge in [0.25, 0.3) is 0 Å². The van der Waals surface area contributed by atoms with E-state index in [9.17, 15) is 23.1 Å². The first-order valence-corrected chi connectivity index (χ1v) is 18.3. The van der Waals surface area contributed by atoms with Gasteiger partial charge in [-0.25, -0.2) is 0 Å². The van der Waals surface area contributed by atoms with Crippen LogP contribution in [-0.2, 0) is 34.7 Å². The van der Waals surface area contributed by atoms with Gasteiger partial charge in [0.2, 0.25) is 0 Å². The summed E-state index contributed by atoms with van der Waals surface area (Å²) in [7, 11) is 0. The monoisotopic (exact) mass is 794 g/mol. The molecule has 7 atom stereocenters. The number of alkyl halides is 3. The Morgan fingerprint density at radius 1 is 1.08 bits per heavy atom. The van der Waals surface area contributed by atoms with Crippen LogP contribution in [0.15, 0.2) is 42.5 Å². The highest BCUT2D eigenvalue weighted by molar-refractivity contribution is 14.1. The SMILES string of the molecule is CC(C)OC(=O)CCC/C=C\C[C@@H]1[C@@H](/C=C/[C@H](COc2cc(C(F)(F)F)ccc2I)OC2CCCCO2)[C@H](OC2CCCCO2)C[C@@H]1O. The first kappa shape index (κ1) is 39.1. The summed E-state index contributed by atoms with van der Waals surface area (Å²) < 4.78 is 76.4. The quantitative estimate of drug-likeness (QED) is 0.0777. The first-order chi connectivity index (χ1) is 23.0. The van der Waals surface area contributed by atoms with Crippen molar-refractivity contribution in [2.75, 3.05) is 19.8 Å².